The van der Waals surface area contributed by atoms with Crippen LogP contribution >= 0.6 is 11.6 Å². The molecule has 2 amide bonds. The van der Waals surface area contributed by atoms with Gasteiger partial charge in [0.2, 0.25) is 11.8 Å². The molecular formula is C15H16ClF3N2O4S. The van der Waals surface area contributed by atoms with Crippen molar-refractivity contribution in [2.45, 2.75) is 30.0 Å². The molecule has 1 aromatic rings. The predicted molar refractivity (Wildman–Crippen MR) is 87.3 cm³/mol. The third-order valence-electron chi connectivity index (χ3n) is 3.83. The summed E-state index contributed by atoms with van der Waals surface area (Å²) in [7, 11) is -3.96. The SMILES string of the molecule is O=C(NCC(F)(F)F)C1CCCN1C(=O)CS(=O)(=O)c1ccc(Cl)cc1. The topological polar surface area (TPSA) is 83.6 Å². The van der Waals surface area contributed by atoms with Gasteiger partial charge < -0.3 is 10.2 Å². The zero-order valence-electron chi connectivity index (χ0n) is 13.4. The quantitative estimate of drug-likeness (QED) is 0.799. The van der Waals surface area contributed by atoms with Gasteiger partial charge in [0.25, 0.3) is 0 Å². The zero-order valence-corrected chi connectivity index (χ0v) is 15.0. The molecule has 11 heteroatoms. The molecule has 1 atom stereocenters. The molecule has 6 nitrogen and oxygen atoms in total. The van der Waals surface area contributed by atoms with Gasteiger partial charge in [-0.15, -0.1) is 0 Å². The largest absolute Gasteiger partial charge is 0.405 e. The molecule has 1 aliphatic heterocycles. The fourth-order valence-corrected chi connectivity index (χ4v) is 3.95. The van der Waals surface area contributed by atoms with E-state index in [1.807, 2.05) is 0 Å². The van der Waals surface area contributed by atoms with Gasteiger partial charge in [0.05, 0.1) is 4.90 Å². The molecule has 144 valence electrons. The van der Waals surface area contributed by atoms with Crippen LogP contribution in [0.1, 0.15) is 12.8 Å². The number of hydrogen-bond acceptors (Lipinski definition) is 4. The van der Waals surface area contributed by atoms with Crippen LogP contribution < -0.4 is 5.32 Å². The van der Waals surface area contributed by atoms with E-state index in [1.54, 1.807) is 5.32 Å². The number of hydrogen-bond donors (Lipinski definition) is 1. The minimum atomic E-state index is -4.57. The number of halogens is 4. The molecule has 26 heavy (non-hydrogen) atoms. The lowest BCUT2D eigenvalue weighted by Gasteiger charge is -2.24. The zero-order chi connectivity index (χ0) is 19.5. The maximum atomic E-state index is 12.3. The highest BCUT2D eigenvalue weighted by atomic mass is 35.5. The monoisotopic (exact) mass is 412 g/mol. The lowest BCUT2D eigenvalue weighted by Crippen LogP contribution is -2.49. The molecule has 0 radical (unpaired) electrons. The third kappa shape index (κ3) is 5.34. The van der Waals surface area contributed by atoms with E-state index in [9.17, 15) is 31.2 Å². The van der Waals surface area contributed by atoms with Gasteiger partial charge in [-0.25, -0.2) is 8.42 Å². The third-order valence-corrected chi connectivity index (χ3v) is 5.69. The molecule has 1 heterocycles. The van der Waals surface area contributed by atoms with Crippen LogP contribution in [0, 0.1) is 0 Å². The van der Waals surface area contributed by atoms with Crippen LogP contribution in [0.3, 0.4) is 0 Å². The maximum absolute atomic E-state index is 12.3. The van der Waals surface area contributed by atoms with E-state index < -0.39 is 46.2 Å². The number of carbonyl (C=O) groups excluding carboxylic acids is 2. The number of rotatable bonds is 5. The average Bonchev–Trinajstić information content (AvgIpc) is 3.01. The minimum Gasteiger partial charge on any atom is -0.345 e. The van der Waals surface area contributed by atoms with Crippen molar-refractivity contribution in [1.29, 1.82) is 0 Å². The Morgan fingerprint density at radius 3 is 2.42 bits per heavy atom. The second-order valence-electron chi connectivity index (χ2n) is 5.79. The Hall–Kier alpha value is -1.81. The number of amides is 2. The molecule has 2 rings (SSSR count). The molecule has 1 saturated heterocycles. The van der Waals surface area contributed by atoms with E-state index in [0.29, 0.717) is 11.4 Å². The lowest BCUT2D eigenvalue weighted by atomic mass is 10.2. The van der Waals surface area contributed by atoms with Crippen molar-refractivity contribution in [2.24, 2.45) is 0 Å². The van der Waals surface area contributed by atoms with Crippen LogP contribution in [0.2, 0.25) is 5.02 Å². The molecule has 1 fully saturated rings. The van der Waals surface area contributed by atoms with E-state index in [4.69, 9.17) is 11.6 Å². The van der Waals surface area contributed by atoms with Gasteiger partial charge in [0, 0.05) is 11.6 Å². The molecule has 0 aliphatic carbocycles. The number of benzene rings is 1. The van der Waals surface area contributed by atoms with Crippen molar-refractivity contribution in [3.63, 3.8) is 0 Å². The van der Waals surface area contributed by atoms with E-state index in [-0.39, 0.29) is 17.9 Å². The van der Waals surface area contributed by atoms with Crippen LogP contribution in [0.15, 0.2) is 29.2 Å². The Morgan fingerprint density at radius 1 is 1.23 bits per heavy atom. The highest BCUT2D eigenvalue weighted by molar-refractivity contribution is 7.92. The maximum Gasteiger partial charge on any atom is 0.405 e. The Morgan fingerprint density at radius 2 is 1.85 bits per heavy atom. The molecular weight excluding hydrogens is 397 g/mol. The normalized spacial score (nSPS) is 18.0. The second kappa shape index (κ2) is 7.83. The van der Waals surface area contributed by atoms with Crippen LogP contribution in [0.4, 0.5) is 13.2 Å². The first-order chi connectivity index (χ1) is 12.0. The van der Waals surface area contributed by atoms with Crippen molar-refractivity contribution >= 4 is 33.3 Å². The van der Waals surface area contributed by atoms with Crippen molar-refractivity contribution in [1.82, 2.24) is 10.2 Å². The Bertz CT molecular complexity index is 781. The molecule has 0 bridgehead atoms. The molecule has 0 saturated carbocycles. The lowest BCUT2D eigenvalue weighted by molar-refractivity contribution is -0.144. The van der Waals surface area contributed by atoms with Crippen molar-refractivity contribution in [2.75, 3.05) is 18.8 Å². The van der Waals surface area contributed by atoms with Crippen LogP contribution in [0.25, 0.3) is 0 Å². The summed E-state index contributed by atoms with van der Waals surface area (Å²) in [6.07, 6.45) is -3.99. The van der Waals surface area contributed by atoms with Crippen molar-refractivity contribution < 1.29 is 31.2 Å². The number of carbonyl (C=O) groups is 2. The fraction of sp³-hybridized carbons (Fsp3) is 0.467. The van der Waals surface area contributed by atoms with Crippen molar-refractivity contribution in [3.05, 3.63) is 29.3 Å². The number of alkyl halides is 3. The molecule has 1 N–H and O–H groups in total. The van der Waals surface area contributed by atoms with E-state index in [2.05, 4.69) is 0 Å². The fourth-order valence-electron chi connectivity index (χ4n) is 2.61. The highest BCUT2D eigenvalue weighted by Crippen LogP contribution is 2.21. The Labute approximate surface area is 153 Å². The van der Waals surface area contributed by atoms with Crippen LogP contribution in [-0.4, -0.2) is 56.2 Å². The Kier molecular flexibility index (Phi) is 6.17. The summed E-state index contributed by atoms with van der Waals surface area (Å²) in [5.74, 6) is -2.65. The van der Waals surface area contributed by atoms with Gasteiger partial charge in [-0.05, 0) is 37.1 Å². The first-order valence-electron chi connectivity index (χ1n) is 7.62. The summed E-state index contributed by atoms with van der Waals surface area (Å²) in [5.41, 5.74) is 0. The first kappa shape index (κ1) is 20.5. The average molecular weight is 413 g/mol. The standard InChI is InChI=1S/C15H16ClF3N2O4S/c16-10-3-5-11(6-4-10)26(24,25)8-13(22)21-7-1-2-12(21)14(23)20-9-15(17,18)19/h3-6,12H,1-2,7-9H2,(H,20,23). The summed E-state index contributed by atoms with van der Waals surface area (Å²) in [4.78, 5) is 25.2. The van der Waals surface area contributed by atoms with Gasteiger partial charge in [0.1, 0.15) is 18.3 Å². The molecule has 1 unspecified atom stereocenters. The number of nitrogens with one attached hydrogen (secondary N) is 1. The smallest absolute Gasteiger partial charge is 0.345 e. The number of nitrogens with zero attached hydrogens (tertiary/aromatic N) is 1. The molecule has 0 aromatic heterocycles. The highest BCUT2D eigenvalue weighted by Gasteiger charge is 2.37. The number of sulfone groups is 1. The van der Waals surface area contributed by atoms with E-state index in [0.717, 1.165) is 4.90 Å². The predicted octanol–water partition coefficient (Wildman–Crippen LogP) is 1.78. The summed E-state index contributed by atoms with van der Waals surface area (Å²) in [6.45, 7) is -1.40. The summed E-state index contributed by atoms with van der Waals surface area (Å²) in [6, 6.07) is 4.13. The molecule has 1 aliphatic rings. The summed E-state index contributed by atoms with van der Waals surface area (Å²) < 4.78 is 61.2. The molecule has 1 aromatic carbocycles. The van der Waals surface area contributed by atoms with Gasteiger partial charge in [-0.1, -0.05) is 11.6 Å². The summed E-state index contributed by atoms with van der Waals surface area (Å²) >= 11 is 5.69. The van der Waals surface area contributed by atoms with Crippen LogP contribution in [0.5, 0.6) is 0 Å². The summed E-state index contributed by atoms with van der Waals surface area (Å²) in [5, 5.41) is 2.06. The second-order valence-corrected chi connectivity index (χ2v) is 8.22. The van der Waals surface area contributed by atoms with Gasteiger partial charge in [-0.3, -0.25) is 9.59 Å². The van der Waals surface area contributed by atoms with Crippen molar-refractivity contribution in [3.8, 4) is 0 Å². The molecule has 0 spiro atoms. The van der Waals surface area contributed by atoms with Gasteiger partial charge in [-0.2, -0.15) is 13.2 Å². The first-order valence-corrected chi connectivity index (χ1v) is 9.65. The van der Waals surface area contributed by atoms with Gasteiger partial charge >= 0.3 is 6.18 Å². The Balaban J connectivity index is 2.05. The number of likely N-dealkylation sites (tertiary alicyclic amines) is 1. The minimum absolute atomic E-state index is 0.104. The van der Waals surface area contributed by atoms with E-state index >= 15 is 0 Å². The van der Waals surface area contributed by atoms with E-state index in [1.165, 1.54) is 24.3 Å². The van der Waals surface area contributed by atoms with Crippen LogP contribution in [-0.2, 0) is 19.4 Å². The van der Waals surface area contributed by atoms with Gasteiger partial charge in [0.15, 0.2) is 9.84 Å².